The van der Waals surface area contributed by atoms with E-state index in [0.717, 1.165) is 24.0 Å². The first kappa shape index (κ1) is 16.8. The van der Waals surface area contributed by atoms with Gasteiger partial charge in [0.05, 0.1) is 12.5 Å². The Labute approximate surface area is 127 Å². The fraction of sp³-hybridized carbons (Fsp3) is 0.375. The van der Waals surface area contributed by atoms with Crippen molar-refractivity contribution in [2.75, 3.05) is 12.5 Å². The van der Waals surface area contributed by atoms with Gasteiger partial charge in [0.15, 0.2) is 0 Å². The molecule has 0 atom stereocenters. The monoisotopic (exact) mass is 302 g/mol. The first-order valence-electron chi connectivity index (χ1n) is 6.67. The largest absolute Gasteiger partial charge is 0.497 e. The van der Waals surface area contributed by atoms with Crippen LogP contribution in [0.4, 0.5) is 0 Å². The average molecular weight is 303 g/mol. The van der Waals surface area contributed by atoms with E-state index in [1.54, 1.807) is 0 Å². The van der Waals surface area contributed by atoms with Crippen molar-refractivity contribution >= 4 is 19.0 Å². The molecule has 0 saturated carbocycles. The van der Waals surface area contributed by atoms with E-state index in [1.165, 1.54) is 11.1 Å². The van der Waals surface area contributed by atoms with Crippen molar-refractivity contribution in [1.82, 2.24) is 0 Å². The molecule has 4 radical (unpaired) electrons. The summed E-state index contributed by atoms with van der Waals surface area (Å²) in [5.41, 5.74) is 7.10. The summed E-state index contributed by atoms with van der Waals surface area (Å²) in [6.45, 7) is 8.42. The Balaban J connectivity index is 2.29. The van der Waals surface area contributed by atoms with Crippen molar-refractivity contribution in [1.29, 1.82) is 0 Å². The molecule has 106 valence electrons. The van der Waals surface area contributed by atoms with E-state index < -0.39 is 0 Å². The van der Waals surface area contributed by atoms with E-state index in [1.807, 2.05) is 24.3 Å². The molecule has 0 fully saturated rings. The van der Waals surface area contributed by atoms with Crippen molar-refractivity contribution in [3.63, 3.8) is 0 Å². The summed E-state index contributed by atoms with van der Waals surface area (Å²) in [5.74, 6) is 1.80. The first-order valence-corrected chi connectivity index (χ1v) is 9.24. The van der Waals surface area contributed by atoms with Crippen LogP contribution in [0.3, 0.4) is 0 Å². The number of allylic oxidation sites excluding steroid dienone is 2. The third-order valence-corrected chi connectivity index (χ3v) is 4.43. The summed E-state index contributed by atoms with van der Waals surface area (Å²) >= 11 is 0. The highest BCUT2D eigenvalue weighted by Crippen LogP contribution is 2.17. The van der Waals surface area contributed by atoms with Crippen LogP contribution in [0.1, 0.15) is 27.7 Å². The molecule has 0 N–H and O–H groups in total. The van der Waals surface area contributed by atoms with Crippen LogP contribution in [0.15, 0.2) is 46.8 Å². The van der Waals surface area contributed by atoms with Crippen LogP contribution in [0, 0.1) is 0 Å². The Hall–Kier alpha value is -1.27. The standard InChI is InChI=1S/C16H22O2Si2/c1-13(2)9-19-11-17-15-5-7-16(8-6-15)18-12-20-10-14(3)4/h5-10H,11-12H2,1-4H3. The molecule has 1 aromatic rings. The van der Waals surface area contributed by atoms with Crippen LogP contribution in [0.25, 0.3) is 0 Å². The van der Waals surface area contributed by atoms with Gasteiger partial charge in [-0.3, -0.25) is 0 Å². The molecule has 0 amide bonds. The quantitative estimate of drug-likeness (QED) is 0.539. The van der Waals surface area contributed by atoms with Crippen LogP contribution in [0.2, 0.25) is 0 Å². The molecule has 0 aromatic heterocycles. The lowest BCUT2D eigenvalue weighted by Crippen LogP contribution is -2.06. The number of hydrogen-bond donors (Lipinski definition) is 0. The molecular weight excluding hydrogens is 280 g/mol. The van der Waals surface area contributed by atoms with Gasteiger partial charge < -0.3 is 9.47 Å². The average Bonchev–Trinajstić information content (AvgIpc) is 2.41. The Bertz CT molecular complexity index is 399. The normalized spacial score (nSPS) is 9.80. The maximum absolute atomic E-state index is 5.67. The van der Waals surface area contributed by atoms with Gasteiger partial charge >= 0.3 is 0 Å². The smallest absolute Gasteiger partial charge is 0.121 e. The molecule has 0 heterocycles. The first-order chi connectivity index (χ1) is 9.58. The van der Waals surface area contributed by atoms with Crippen molar-refractivity contribution in [3.05, 3.63) is 46.8 Å². The van der Waals surface area contributed by atoms with E-state index >= 15 is 0 Å². The van der Waals surface area contributed by atoms with Gasteiger partial charge in [-0.05, 0) is 52.0 Å². The van der Waals surface area contributed by atoms with Crippen molar-refractivity contribution in [2.45, 2.75) is 27.7 Å². The lowest BCUT2D eigenvalue weighted by atomic mass is 10.3. The molecule has 0 bridgehead atoms. The van der Waals surface area contributed by atoms with E-state index in [-0.39, 0.29) is 0 Å². The summed E-state index contributed by atoms with van der Waals surface area (Å²) in [6, 6.07) is 7.86. The third-order valence-electron chi connectivity index (χ3n) is 2.25. The second kappa shape index (κ2) is 9.61. The Morgan fingerprint density at radius 2 is 1.15 bits per heavy atom. The molecule has 2 nitrogen and oxygen atoms in total. The molecule has 0 aliphatic carbocycles. The van der Waals surface area contributed by atoms with Gasteiger partial charge in [0.2, 0.25) is 0 Å². The molecule has 0 saturated heterocycles. The molecular formula is C16H22O2Si2. The fourth-order valence-corrected chi connectivity index (χ4v) is 2.86. The summed E-state index contributed by atoms with van der Waals surface area (Å²) in [5, 5.41) is 0. The minimum Gasteiger partial charge on any atom is -0.497 e. The number of ether oxygens (including phenoxy) is 2. The predicted octanol–water partition coefficient (Wildman–Crippen LogP) is 3.62. The lowest BCUT2D eigenvalue weighted by molar-refractivity contribution is 0.374. The highest BCUT2D eigenvalue weighted by molar-refractivity contribution is 6.42. The number of benzene rings is 1. The zero-order valence-electron chi connectivity index (χ0n) is 12.7. The summed E-state index contributed by atoms with van der Waals surface area (Å²) in [4.78, 5) is 0. The Morgan fingerprint density at radius 3 is 1.45 bits per heavy atom. The third kappa shape index (κ3) is 8.02. The molecule has 20 heavy (non-hydrogen) atoms. The zero-order chi connectivity index (χ0) is 14.8. The van der Waals surface area contributed by atoms with Gasteiger partial charge in [0, 0.05) is 0 Å². The van der Waals surface area contributed by atoms with Gasteiger partial charge in [-0.15, -0.1) is 0 Å². The highest BCUT2D eigenvalue weighted by Gasteiger charge is 1.96. The fourth-order valence-electron chi connectivity index (χ4n) is 1.37. The maximum atomic E-state index is 5.67. The van der Waals surface area contributed by atoms with E-state index in [4.69, 9.17) is 9.47 Å². The van der Waals surface area contributed by atoms with Gasteiger partial charge in [-0.25, -0.2) is 0 Å². The van der Waals surface area contributed by atoms with Gasteiger partial charge in [-0.2, -0.15) is 0 Å². The maximum Gasteiger partial charge on any atom is 0.121 e. The van der Waals surface area contributed by atoms with Crippen LogP contribution < -0.4 is 9.47 Å². The predicted molar refractivity (Wildman–Crippen MR) is 87.8 cm³/mol. The van der Waals surface area contributed by atoms with Gasteiger partial charge in [0.25, 0.3) is 0 Å². The molecule has 1 rings (SSSR count). The van der Waals surface area contributed by atoms with Crippen LogP contribution >= 0.6 is 0 Å². The van der Waals surface area contributed by atoms with E-state index in [2.05, 4.69) is 39.1 Å². The topological polar surface area (TPSA) is 18.5 Å². The second-order valence-corrected chi connectivity index (χ2v) is 6.87. The van der Waals surface area contributed by atoms with Crippen LogP contribution in [-0.2, 0) is 0 Å². The molecule has 0 unspecified atom stereocenters. The van der Waals surface area contributed by atoms with Crippen LogP contribution in [-0.4, -0.2) is 31.5 Å². The number of hydrogen-bond acceptors (Lipinski definition) is 2. The summed E-state index contributed by atoms with van der Waals surface area (Å²) < 4.78 is 11.3. The van der Waals surface area contributed by atoms with Crippen LogP contribution in [0.5, 0.6) is 11.5 Å². The molecule has 4 heteroatoms. The minimum absolute atomic E-state index is 0.712. The SMILES string of the molecule is CC(C)=C[Si]COc1ccc(OC[Si]C=C(C)C)cc1. The highest BCUT2D eigenvalue weighted by atomic mass is 28.2. The lowest BCUT2D eigenvalue weighted by Gasteiger charge is -2.07. The summed E-state index contributed by atoms with van der Waals surface area (Å²) in [7, 11) is 1.42. The zero-order valence-corrected chi connectivity index (χ0v) is 14.7. The molecule has 1 aromatic carbocycles. The molecule has 0 aliphatic heterocycles. The molecule has 0 aliphatic rings. The second-order valence-electron chi connectivity index (χ2n) is 4.90. The van der Waals surface area contributed by atoms with E-state index in [0.29, 0.717) is 19.0 Å². The van der Waals surface area contributed by atoms with Crippen molar-refractivity contribution < 1.29 is 9.47 Å². The Morgan fingerprint density at radius 1 is 0.800 bits per heavy atom. The summed E-state index contributed by atoms with van der Waals surface area (Å²) in [6.07, 6.45) is 1.49. The number of rotatable bonds is 8. The van der Waals surface area contributed by atoms with Gasteiger partial charge in [0.1, 0.15) is 30.5 Å². The van der Waals surface area contributed by atoms with Crippen molar-refractivity contribution in [3.8, 4) is 11.5 Å². The minimum atomic E-state index is 0.712. The van der Waals surface area contributed by atoms with E-state index in [9.17, 15) is 0 Å². The van der Waals surface area contributed by atoms with Crippen molar-refractivity contribution in [2.24, 2.45) is 0 Å². The molecule has 0 spiro atoms. The van der Waals surface area contributed by atoms with Gasteiger partial charge in [-0.1, -0.05) is 22.5 Å². The Kier molecular flexibility index (Phi) is 8.06.